The Bertz CT molecular complexity index is 1680. The number of morpholine rings is 1. The van der Waals surface area contributed by atoms with E-state index in [4.69, 9.17) is 14.2 Å². The van der Waals surface area contributed by atoms with Crippen LogP contribution in [-0.4, -0.2) is 61.5 Å². The van der Waals surface area contributed by atoms with Gasteiger partial charge in [-0.05, 0) is 36.1 Å². The van der Waals surface area contributed by atoms with Crippen molar-refractivity contribution in [1.29, 1.82) is 0 Å². The lowest BCUT2D eigenvalue weighted by Crippen LogP contribution is -2.71. The van der Waals surface area contributed by atoms with Gasteiger partial charge in [0.05, 0.1) is 20.3 Å². The molecule has 0 N–H and O–H groups in total. The molecule has 1 saturated heterocycles. The van der Waals surface area contributed by atoms with Crippen LogP contribution in [0.4, 0.5) is 13.6 Å². The number of aromatic nitrogens is 1. The van der Waals surface area contributed by atoms with Crippen molar-refractivity contribution in [3.8, 4) is 5.75 Å². The summed E-state index contributed by atoms with van der Waals surface area (Å²) in [5, 5.41) is 1.62. The number of fused-ring (bicyclic) bond motifs is 3. The van der Waals surface area contributed by atoms with Crippen molar-refractivity contribution in [3.05, 3.63) is 92.9 Å². The van der Waals surface area contributed by atoms with Crippen LogP contribution in [0.5, 0.6) is 5.75 Å². The van der Waals surface area contributed by atoms with E-state index in [-0.39, 0.29) is 42.0 Å². The molecule has 218 valence electrons. The van der Waals surface area contributed by atoms with E-state index in [1.54, 1.807) is 15.6 Å². The van der Waals surface area contributed by atoms with E-state index in [1.165, 1.54) is 24.0 Å². The molecule has 42 heavy (non-hydrogen) atoms. The quantitative estimate of drug-likeness (QED) is 0.328. The molecule has 10 nitrogen and oxygen atoms in total. The molecule has 1 aliphatic carbocycles. The number of carbonyl (C=O) groups is 2. The molecule has 5 aliphatic rings. The molecular formula is C29H25F2N3O7S. The van der Waals surface area contributed by atoms with Gasteiger partial charge in [-0.25, -0.2) is 13.6 Å². The van der Waals surface area contributed by atoms with E-state index in [0.29, 0.717) is 18.4 Å². The maximum atomic E-state index is 15.7. The normalized spacial score (nSPS) is 23.7. The predicted molar refractivity (Wildman–Crippen MR) is 145 cm³/mol. The average molecular weight is 598 g/mol. The number of ether oxygens (including phenoxy) is 4. The van der Waals surface area contributed by atoms with Gasteiger partial charge in [0.25, 0.3) is 5.91 Å². The zero-order chi connectivity index (χ0) is 29.2. The second-order valence-corrected chi connectivity index (χ2v) is 11.5. The third kappa shape index (κ3) is 3.76. The first-order valence-electron chi connectivity index (χ1n) is 13.4. The average Bonchev–Trinajstić information content (AvgIpc) is 3.24. The minimum Gasteiger partial charge on any atom is -0.451 e. The third-order valence-electron chi connectivity index (χ3n) is 8.32. The van der Waals surface area contributed by atoms with Crippen LogP contribution in [-0.2, 0) is 19.7 Å². The summed E-state index contributed by atoms with van der Waals surface area (Å²) in [6, 6.07) is 11.7. The summed E-state index contributed by atoms with van der Waals surface area (Å²) in [5.74, 6) is -2.61. The standard InChI is InChI=1S/C29H25F2N3O7S/c1-38-28(37)41-15-40-26-19(35)9-11-33-25(26)27(36)32-12-13-39-14-22(32)34(33)29-10-8-21(42-20-5-3-2-4-16(20)29)23-17(29)6-7-18(30)24(23)31/h2-7,9,11,21-22H,8,10,12-15H2,1H3/t21?,22-,29+/m1/s1. The zero-order valence-corrected chi connectivity index (χ0v) is 23.2. The first kappa shape index (κ1) is 26.8. The number of hydrogen-bond donors (Lipinski definition) is 0. The number of rotatable bonds is 4. The van der Waals surface area contributed by atoms with Crippen molar-refractivity contribution in [2.75, 3.05) is 38.7 Å². The Morgan fingerprint density at radius 1 is 1.14 bits per heavy atom. The first-order valence-corrected chi connectivity index (χ1v) is 14.3. The van der Waals surface area contributed by atoms with E-state index in [1.807, 2.05) is 29.3 Å². The molecule has 0 spiro atoms. The fourth-order valence-corrected chi connectivity index (χ4v) is 8.06. The number of benzene rings is 2. The van der Waals surface area contributed by atoms with Crippen LogP contribution in [0.3, 0.4) is 0 Å². The summed E-state index contributed by atoms with van der Waals surface area (Å²) in [4.78, 5) is 41.2. The molecule has 1 aromatic heterocycles. The Kier molecular flexibility index (Phi) is 6.39. The largest absolute Gasteiger partial charge is 0.510 e. The van der Waals surface area contributed by atoms with Gasteiger partial charge in [0.15, 0.2) is 17.3 Å². The van der Waals surface area contributed by atoms with Crippen molar-refractivity contribution in [1.82, 2.24) is 9.58 Å². The molecule has 5 heterocycles. The SMILES string of the molecule is COC(=O)OCOc1c2n(ccc1=O)N([C@@]13CCC(Sc4ccccc41)c1c3ccc(F)c1F)[C@@H]1COCCN1C2=O. The Labute approximate surface area is 242 Å². The van der Waals surface area contributed by atoms with Crippen molar-refractivity contribution in [3.63, 3.8) is 0 Å². The van der Waals surface area contributed by atoms with Crippen LogP contribution in [0.15, 0.2) is 58.4 Å². The molecule has 8 rings (SSSR count). The van der Waals surface area contributed by atoms with E-state index < -0.39 is 47.6 Å². The van der Waals surface area contributed by atoms with E-state index >= 15 is 4.39 Å². The summed E-state index contributed by atoms with van der Waals surface area (Å²) in [7, 11) is 1.13. The molecule has 0 saturated carbocycles. The van der Waals surface area contributed by atoms with Crippen LogP contribution >= 0.6 is 11.8 Å². The van der Waals surface area contributed by atoms with Gasteiger partial charge in [-0.3, -0.25) is 19.3 Å². The Morgan fingerprint density at radius 2 is 1.98 bits per heavy atom. The maximum absolute atomic E-state index is 15.7. The van der Waals surface area contributed by atoms with Gasteiger partial charge in [0, 0.05) is 34.5 Å². The number of nitrogens with zero attached hydrogens (tertiary/aromatic N) is 3. The highest BCUT2D eigenvalue weighted by atomic mass is 32.2. The number of methoxy groups -OCH3 is 1. The Morgan fingerprint density at radius 3 is 2.81 bits per heavy atom. The topological polar surface area (TPSA) is 99.5 Å². The Balaban J connectivity index is 1.51. The molecule has 1 amide bonds. The van der Waals surface area contributed by atoms with Gasteiger partial charge in [0.2, 0.25) is 18.0 Å². The zero-order valence-electron chi connectivity index (χ0n) is 22.4. The molecule has 1 unspecified atom stereocenters. The van der Waals surface area contributed by atoms with Gasteiger partial charge < -0.3 is 23.8 Å². The van der Waals surface area contributed by atoms with E-state index in [9.17, 15) is 18.8 Å². The first-order chi connectivity index (χ1) is 20.4. The van der Waals surface area contributed by atoms with Gasteiger partial charge in [-0.2, -0.15) is 0 Å². The van der Waals surface area contributed by atoms with Crippen molar-refractivity contribution < 1.29 is 37.3 Å². The molecule has 0 radical (unpaired) electrons. The number of carbonyl (C=O) groups excluding carboxylic acids is 2. The van der Waals surface area contributed by atoms with Crippen LogP contribution in [0.25, 0.3) is 0 Å². The number of thioether (sulfide) groups is 1. The van der Waals surface area contributed by atoms with E-state index in [2.05, 4.69) is 4.74 Å². The number of pyridine rings is 1. The summed E-state index contributed by atoms with van der Waals surface area (Å²) in [6.45, 7) is -0.0372. The van der Waals surface area contributed by atoms with Crippen molar-refractivity contribution in [2.45, 2.75) is 34.7 Å². The fourth-order valence-electron chi connectivity index (χ4n) is 6.65. The van der Waals surface area contributed by atoms with Crippen LogP contribution in [0.2, 0.25) is 0 Å². The summed E-state index contributed by atoms with van der Waals surface area (Å²) in [6.07, 6.45) is 0.836. The highest BCUT2D eigenvalue weighted by molar-refractivity contribution is 7.99. The minimum absolute atomic E-state index is 0.0795. The second-order valence-electron chi connectivity index (χ2n) is 10.3. The molecule has 2 aromatic carbocycles. The Hall–Kier alpha value is -4.10. The van der Waals surface area contributed by atoms with E-state index in [0.717, 1.165) is 23.6 Å². The number of amides is 1. The summed E-state index contributed by atoms with van der Waals surface area (Å²) >= 11 is 1.49. The maximum Gasteiger partial charge on any atom is 0.510 e. The van der Waals surface area contributed by atoms with Crippen molar-refractivity contribution in [2.24, 2.45) is 0 Å². The molecule has 4 aliphatic heterocycles. The highest BCUT2D eigenvalue weighted by Crippen LogP contribution is 2.60. The van der Waals surface area contributed by atoms with Crippen LogP contribution in [0.1, 0.15) is 45.3 Å². The molecule has 3 atom stereocenters. The lowest BCUT2D eigenvalue weighted by molar-refractivity contribution is -0.0278. The number of hydrogen-bond acceptors (Lipinski definition) is 9. The lowest BCUT2D eigenvalue weighted by atomic mass is 9.71. The van der Waals surface area contributed by atoms with Crippen LogP contribution < -0.4 is 15.2 Å². The monoisotopic (exact) mass is 597 g/mol. The van der Waals surface area contributed by atoms with Crippen LogP contribution in [0, 0.1) is 11.6 Å². The molecule has 3 aromatic rings. The molecule has 2 bridgehead atoms. The van der Waals surface area contributed by atoms with Gasteiger partial charge >= 0.3 is 6.16 Å². The van der Waals surface area contributed by atoms with Gasteiger partial charge in [-0.1, -0.05) is 24.3 Å². The highest BCUT2D eigenvalue weighted by Gasteiger charge is 2.57. The molecule has 1 fully saturated rings. The van der Waals surface area contributed by atoms with Gasteiger partial charge in [0.1, 0.15) is 11.7 Å². The molecular weight excluding hydrogens is 572 g/mol. The van der Waals surface area contributed by atoms with Gasteiger partial charge in [-0.15, -0.1) is 11.8 Å². The predicted octanol–water partition coefficient (Wildman–Crippen LogP) is 3.88. The molecule has 13 heteroatoms. The minimum atomic E-state index is -1.09. The third-order valence-corrected chi connectivity index (χ3v) is 9.69. The summed E-state index contributed by atoms with van der Waals surface area (Å²) in [5.41, 5.74) is -0.0352. The van der Waals surface area contributed by atoms with Crippen molar-refractivity contribution >= 4 is 23.8 Å². The lowest BCUT2D eigenvalue weighted by Gasteiger charge is -2.57. The second kappa shape index (κ2) is 10.0. The summed E-state index contributed by atoms with van der Waals surface area (Å²) < 4.78 is 52.8. The fraction of sp³-hybridized carbons (Fsp3) is 0.345. The number of halogens is 2. The smallest absolute Gasteiger partial charge is 0.451 e.